The van der Waals surface area contributed by atoms with Crippen LogP contribution in [0.1, 0.15) is 97.1 Å². The molecule has 9 nitrogen and oxygen atoms in total. The van der Waals surface area contributed by atoms with Crippen molar-refractivity contribution in [1.82, 2.24) is 20.1 Å². The number of thiophene rings is 1. The van der Waals surface area contributed by atoms with E-state index in [1.807, 2.05) is 61.2 Å². The first-order chi connectivity index (χ1) is 22.7. The molecule has 0 radical (unpaired) electrons. The Balaban J connectivity index is 0.000000467. The van der Waals surface area contributed by atoms with Gasteiger partial charge in [-0.2, -0.15) is 5.10 Å². The van der Waals surface area contributed by atoms with E-state index in [-0.39, 0.29) is 11.6 Å². The number of benzene rings is 1. The number of rotatable bonds is 12. The van der Waals surface area contributed by atoms with E-state index in [1.54, 1.807) is 30.6 Å². The minimum absolute atomic E-state index is 0.0805. The van der Waals surface area contributed by atoms with Gasteiger partial charge in [-0.3, -0.25) is 9.91 Å². The molecule has 47 heavy (non-hydrogen) atoms. The predicted octanol–water partition coefficient (Wildman–Crippen LogP) is 7.99. The SMILES string of the molecule is CC.CC/C(=N\N(CC)CC=O)c1cccs1.CCC.CCN1C(=O)N2Cc3cc(OC)cc(OC)c3CC/C=C\2C1(C)CCNC. The van der Waals surface area contributed by atoms with Crippen LogP contribution in [0.2, 0.25) is 0 Å². The Morgan fingerprint density at radius 2 is 1.85 bits per heavy atom. The second-order valence-corrected chi connectivity index (χ2v) is 12.0. The van der Waals surface area contributed by atoms with Crippen molar-refractivity contribution < 1.29 is 19.1 Å². The van der Waals surface area contributed by atoms with Crippen LogP contribution in [0, 0.1) is 0 Å². The van der Waals surface area contributed by atoms with Gasteiger partial charge in [-0.05, 0) is 88.7 Å². The molecule has 1 aromatic carbocycles. The number of amides is 2. The lowest BCUT2D eigenvalue weighted by molar-refractivity contribution is -0.108. The molecule has 2 amide bonds. The van der Waals surface area contributed by atoms with Crippen molar-refractivity contribution in [3.8, 4) is 11.5 Å². The number of likely N-dealkylation sites (N-methyl/N-ethyl adjacent to an activating group) is 2. The minimum Gasteiger partial charge on any atom is -0.497 e. The third kappa shape index (κ3) is 11.1. The van der Waals surface area contributed by atoms with Crippen molar-refractivity contribution in [1.29, 1.82) is 0 Å². The summed E-state index contributed by atoms with van der Waals surface area (Å²) in [6.45, 7) is 19.8. The molecule has 4 rings (SSSR count). The maximum Gasteiger partial charge on any atom is 0.325 e. The Bertz CT molecular complexity index is 1260. The number of methoxy groups -OCH3 is 2. The lowest BCUT2D eigenvalue weighted by Crippen LogP contribution is -2.45. The fraction of sp³-hybridized carbons (Fsp3) is 0.595. The Morgan fingerprint density at radius 1 is 1.15 bits per heavy atom. The van der Waals surface area contributed by atoms with Gasteiger partial charge in [-0.15, -0.1) is 11.3 Å². The number of allylic oxidation sites excluding steroid dienone is 1. The molecule has 0 spiro atoms. The lowest BCUT2D eigenvalue weighted by Gasteiger charge is -2.34. The van der Waals surface area contributed by atoms with Gasteiger partial charge in [0, 0.05) is 24.9 Å². The summed E-state index contributed by atoms with van der Waals surface area (Å²) in [5.41, 5.74) is 4.15. The van der Waals surface area contributed by atoms with E-state index in [0.29, 0.717) is 19.6 Å². The first kappa shape index (κ1) is 41.7. The highest BCUT2D eigenvalue weighted by Gasteiger charge is 2.49. The van der Waals surface area contributed by atoms with Gasteiger partial charge in [0.15, 0.2) is 0 Å². The first-order valence-electron chi connectivity index (χ1n) is 17.2. The smallest absolute Gasteiger partial charge is 0.325 e. The van der Waals surface area contributed by atoms with E-state index in [1.165, 1.54) is 11.3 Å². The Kier molecular flexibility index (Phi) is 19.7. The molecule has 1 N–H and O–H groups in total. The number of hydrogen-bond acceptors (Lipinski definition) is 8. The summed E-state index contributed by atoms with van der Waals surface area (Å²) >= 11 is 1.68. The molecular formula is C37H61N5O4S. The summed E-state index contributed by atoms with van der Waals surface area (Å²) in [6, 6.07) is 8.11. The van der Waals surface area contributed by atoms with Gasteiger partial charge in [0.1, 0.15) is 17.8 Å². The van der Waals surface area contributed by atoms with Gasteiger partial charge in [-0.1, -0.05) is 53.2 Å². The molecule has 1 unspecified atom stereocenters. The largest absolute Gasteiger partial charge is 0.497 e. The number of nitrogens with zero attached hydrogens (tertiary/aromatic N) is 4. The molecule has 1 atom stereocenters. The van der Waals surface area contributed by atoms with Crippen molar-refractivity contribution in [2.45, 2.75) is 99.6 Å². The average molecular weight is 672 g/mol. The summed E-state index contributed by atoms with van der Waals surface area (Å²) in [4.78, 5) is 28.8. The summed E-state index contributed by atoms with van der Waals surface area (Å²) in [5.74, 6) is 1.59. The molecule has 2 aliphatic heterocycles. The number of ether oxygens (including phenoxy) is 2. The second kappa shape index (κ2) is 22.2. The van der Waals surface area contributed by atoms with Crippen molar-refractivity contribution in [2.75, 3.05) is 47.4 Å². The van der Waals surface area contributed by atoms with E-state index in [9.17, 15) is 9.59 Å². The molecule has 10 heteroatoms. The second-order valence-electron chi connectivity index (χ2n) is 11.1. The van der Waals surface area contributed by atoms with Gasteiger partial charge in [0.25, 0.3) is 0 Å². The maximum absolute atomic E-state index is 13.3. The Hall–Kier alpha value is -3.37. The van der Waals surface area contributed by atoms with Gasteiger partial charge in [-0.25, -0.2) is 4.79 Å². The number of aldehydes is 1. The monoisotopic (exact) mass is 671 g/mol. The van der Waals surface area contributed by atoms with Crippen LogP contribution in [0.15, 0.2) is 46.5 Å². The van der Waals surface area contributed by atoms with Crippen LogP contribution in [-0.2, 0) is 17.8 Å². The molecule has 0 bridgehead atoms. The molecule has 2 aromatic rings. The zero-order chi connectivity index (χ0) is 35.4. The number of nitrogens with one attached hydrogen (secondary N) is 1. The highest BCUT2D eigenvalue weighted by Crippen LogP contribution is 2.42. The Morgan fingerprint density at radius 3 is 2.36 bits per heavy atom. The van der Waals surface area contributed by atoms with E-state index >= 15 is 0 Å². The molecule has 0 aliphatic carbocycles. The zero-order valence-corrected chi connectivity index (χ0v) is 31.8. The number of hydrazone groups is 1. The van der Waals surface area contributed by atoms with E-state index < -0.39 is 0 Å². The highest BCUT2D eigenvalue weighted by molar-refractivity contribution is 7.12. The van der Waals surface area contributed by atoms with Crippen LogP contribution >= 0.6 is 11.3 Å². The van der Waals surface area contributed by atoms with Crippen LogP contribution in [-0.4, -0.2) is 85.8 Å². The normalized spacial score (nSPS) is 17.9. The number of fused-ring (bicyclic) bond motifs is 2. The molecule has 0 saturated carbocycles. The quantitative estimate of drug-likeness (QED) is 0.140. The summed E-state index contributed by atoms with van der Waals surface area (Å²) in [6.07, 6.45) is 7.92. The topological polar surface area (TPSA) is 86.7 Å². The number of urea groups is 1. The fourth-order valence-corrected chi connectivity index (χ4v) is 6.43. The third-order valence-corrected chi connectivity index (χ3v) is 8.84. The van der Waals surface area contributed by atoms with Crippen molar-refractivity contribution in [3.05, 3.63) is 57.4 Å². The zero-order valence-electron chi connectivity index (χ0n) is 30.9. The Labute approximate surface area is 289 Å². The number of hydrogen-bond donors (Lipinski definition) is 1. The van der Waals surface area contributed by atoms with Crippen LogP contribution in [0.25, 0.3) is 0 Å². The lowest BCUT2D eigenvalue weighted by atomic mass is 9.89. The molecule has 1 saturated heterocycles. The standard InChI is InChI=1S/C21H31N3O3.C11H16N2OS.C3H8.C2H6/c1-6-24-20(25)23-14-15-12-16(26-4)13-18(27-5)17(15)8-7-9-19(23)21(24,2)10-11-22-3;1-3-10(11-6-5-9-15-11)12-13(4-2)7-8-14;1-3-2;1-2/h9,12-13,22H,6-8,10-11,14H2,1-5H3;5-6,8-9H,3-4,7H2,1-2H3;3H2,1-2H3;1-2H3/b19-9-;12-10+;;. The first-order valence-corrected chi connectivity index (χ1v) is 18.1. The predicted molar refractivity (Wildman–Crippen MR) is 198 cm³/mol. The van der Waals surface area contributed by atoms with Crippen LogP contribution in [0.3, 0.4) is 0 Å². The van der Waals surface area contributed by atoms with E-state index in [4.69, 9.17) is 9.47 Å². The average Bonchev–Trinajstić information content (AvgIpc) is 3.68. The highest BCUT2D eigenvalue weighted by atomic mass is 32.1. The molecule has 1 aromatic heterocycles. The van der Waals surface area contributed by atoms with E-state index in [2.05, 4.69) is 57.2 Å². The van der Waals surface area contributed by atoms with Gasteiger partial charge >= 0.3 is 6.03 Å². The fourth-order valence-electron chi connectivity index (χ4n) is 5.65. The van der Waals surface area contributed by atoms with Gasteiger partial charge in [0.2, 0.25) is 0 Å². The van der Waals surface area contributed by atoms with Gasteiger partial charge < -0.3 is 24.5 Å². The van der Waals surface area contributed by atoms with Crippen molar-refractivity contribution in [2.24, 2.45) is 5.10 Å². The van der Waals surface area contributed by atoms with Crippen LogP contribution in [0.5, 0.6) is 11.5 Å². The van der Waals surface area contributed by atoms with Crippen LogP contribution < -0.4 is 14.8 Å². The third-order valence-electron chi connectivity index (χ3n) is 7.92. The van der Waals surface area contributed by atoms with Gasteiger partial charge in [0.05, 0.1) is 43.4 Å². The van der Waals surface area contributed by atoms with Crippen molar-refractivity contribution >= 4 is 29.4 Å². The molecule has 264 valence electrons. The molecular weight excluding hydrogens is 611 g/mol. The van der Waals surface area contributed by atoms with Crippen LogP contribution in [0.4, 0.5) is 4.79 Å². The number of carbonyl (C=O) groups excluding carboxylic acids is 2. The molecule has 2 aliphatic rings. The van der Waals surface area contributed by atoms with Crippen molar-refractivity contribution in [3.63, 3.8) is 0 Å². The molecule has 3 heterocycles. The maximum atomic E-state index is 13.3. The molecule has 1 fully saturated rings. The number of carbonyl (C=O) groups is 2. The summed E-state index contributed by atoms with van der Waals surface area (Å²) < 4.78 is 11.1. The summed E-state index contributed by atoms with van der Waals surface area (Å²) in [7, 11) is 5.29. The van der Waals surface area contributed by atoms with E-state index in [0.717, 1.165) is 79.1 Å². The summed E-state index contributed by atoms with van der Waals surface area (Å²) in [5, 5.41) is 11.5. The minimum atomic E-state index is -0.282.